The fourth-order valence-electron chi connectivity index (χ4n) is 1.42. The van der Waals surface area contributed by atoms with Gasteiger partial charge in [-0.05, 0) is 44.0 Å². The number of nitrogens with two attached hydrogens (primary N) is 1. The highest BCUT2D eigenvalue weighted by atomic mass is 19.4. The van der Waals surface area contributed by atoms with Gasteiger partial charge in [0.05, 0.1) is 12.2 Å². The highest BCUT2D eigenvalue weighted by molar-refractivity contribution is 5.31. The van der Waals surface area contributed by atoms with Crippen LogP contribution in [0.25, 0.3) is 0 Å². The van der Waals surface area contributed by atoms with E-state index in [-0.39, 0.29) is 5.75 Å². The largest absolute Gasteiger partial charge is 0.494 e. The number of ether oxygens (including phenoxy) is 1. The van der Waals surface area contributed by atoms with E-state index in [1.165, 1.54) is 6.07 Å². The van der Waals surface area contributed by atoms with Crippen molar-refractivity contribution >= 4 is 0 Å². The molecule has 1 aromatic carbocycles. The topological polar surface area (TPSA) is 35.2 Å². The Morgan fingerprint density at radius 1 is 1.11 bits per heavy atom. The van der Waals surface area contributed by atoms with Gasteiger partial charge < -0.3 is 10.5 Å². The average Bonchev–Trinajstić information content (AvgIpc) is 2.29. The normalized spacial score (nSPS) is 11.6. The van der Waals surface area contributed by atoms with Gasteiger partial charge >= 0.3 is 6.18 Å². The van der Waals surface area contributed by atoms with E-state index >= 15 is 0 Å². The molecule has 0 fully saturated rings. The summed E-state index contributed by atoms with van der Waals surface area (Å²) in [6.07, 6.45) is -2.30. The molecule has 0 aliphatic rings. The second-order valence-corrected chi connectivity index (χ2v) is 3.84. The standard InChI is InChI=1S/C12H15F4NO/c13-11-5-4-9(8-10(11)12(14,15)16)18-7-3-1-2-6-17/h4-5,8H,1-3,6-7,17H2. The van der Waals surface area contributed by atoms with Gasteiger partial charge in [-0.25, -0.2) is 4.39 Å². The summed E-state index contributed by atoms with van der Waals surface area (Å²) < 4.78 is 55.3. The van der Waals surface area contributed by atoms with Crippen molar-refractivity contribution in [1.29, 1.82) is 0 Å². The van der Waals surface area contributed by atoms with Crippen molar-refractivity contribution in [3.63, 3.8) is 0 Å². The molecule has 0 saturated carbocycles. The average molecular weight is 265 g/mol. The number of hydrogen-bond donors (Lipinski definition) is 1. The molecule has 0 amide bonds. The van der Waals surface area contributed by atoms with Gasteiger partial charge in [0.1, 0.15) is 11.6 Å². The molecule has 6 heteroatoms. The van der Waals surface area contributed by atoms with Gasteiger partial charge in [-0.2, -0.15) is 13.2 Å². The molecule has 0 bridgehead atoms. The maximum atomic E-state index is 13.0. The van der Waals surface area contributed by atoms with E-state index in [1.807, 2.05) is 0 Å². The number of unbranched alkanes of at least 4 members (excludes halogenated alkanes) is 2. The first kappa shape index (κ1) is 14.8. The monoisotopic (exact) mass is 265 g/mol. The maximum absolute atomic E-state index is 13.0. The van der Waals surface area contributed by atoms with Crippen molar-refractivity contribution in [2.24, 2.45) is 5.73 Å². The third kappa shape index (κ3) is 4.52. The summed E-state index contributed by atoms with van der Waals surface area (Å²) in [4.78, 5) is 0. The molecule has 0 spiro atoms. The van der Waals surface area contributed by atoms with Crippen LogP contribution in [0.2, 0.25) is 0 Å². The Morgan fingerprint density at radius 2 is 1.83 bits per heavy atom. The molecule has 18 heavy (non-hydrogen) atoms. The first-order valence-electron chi connectivity index (χ1n) is 5.65. The highest BCUT2D eigenvalue weighted by Crippen LogP contribution is 2.33. The molecular formula is C12H15F4NO. The van der Waals surface area contributed by atoms with Crippen molar-refractivity contribution in [3.8, 4) is 5.75 Å². The fraction of sp³-hybridized carbons (Fsp3) is 0.500. The number of benzene rings is 1. The van der Waals surface area contributed by atoms with Crippen LogP contribution in [0.15, 0.2) is 18.2 Å². The van der Waals surface area contributed by atoms with E-state index in [2.05, 4.69) is 0 Å². The lowest BCUT2D eigenvalue weighted by atomic mass is 10.2. The Bertz CT molecular complexity index is 379. The summed E-state index contributed by atoms with van der Waals surface area (Å²) in [5.41, 5.74) is 4.00. The molecule has 0 aromatic heterocycles. The summed E-state index contributed by atoms with van der Waals surface area (Å²) in [5, 5.41) is 0. The minimum absolute atomic E-state index is 0.0245. The Kier molecular flexibility index (Phi) is 5.40. The predicted octanol–water partition coefficient (Wildman–Crippen LogP) is 3.35. The van der Waals surface area contributed by atoms with Crippen molar-refractivity contribution in [3.05, 3.63) is 29.6 Å². The van der Waals surface area contributed by atoms with E-state index in [0.717, 1.165) is 18.9 Å². The smallest absolute Gasteiger partial charge is 0.419 e. The Morgan fingerprint density at radius 3 is 2.44 bits per heavy atom. The van der Waals surface area contributed by atoms with Gasteiger partial charge in [0.2, 0.25) is 0 Å². The second kappa shape index (κ2) is 6.58. The highest BCUT2D eigenvalue weighted by Gasteiger charge is 2.34. The minimum atomic E-state index is -4.71. The van der Waals surface area contributed by atoms with E-state index in [0.29, 0.717) is 25.6 Å². The molecule has 0 radical (unpaired) electrons. The summed E-state index contributed by atoms with van der Waals surface area (Å²) >= 11 is 0. The first-order chi connectivity index (χ1) is 8.45. The lowest BCUT2D eigenvalue weighted by Gasteiger charge is -2.11. The number of alkyl halides is 3. The molecule has 0 atom stereocenters. The first-order valence-corrected chi connectivity index (χ1v) is 5.65. The van der Waals surface area contributed by atoms with Gasteiger partial charge in [-0.1, -0.05) is 0 Å². The van der Waals surface area contributed by atoms with Crippen LogP contribution in [-0.2, 0) is 6.18 Å². The van der Waals surface area contributed by atoms with E-state index in [9.17, 15) is 17.6 Å². The van der Waals surface area contributed by atoms with Crippen molar-refractivity contribution in [2.45, 2.75) is 25.4 Å². The molecule has 0 unspecified atom stereocenters. The lowest BCUT2D eigenvalue weighted by molar-refractivity contribution is -0.140. The van der Waals surface area contributed by atoms with Gasteiger partial charge in [0.15, 0.2) is 0 Å². The summed E-state index contributed by atoms with van der Waals surface area (Å²) in [6, 6.07) is 2.63. The fourth-order valence-corrected chi connectivity index (χ4v) is 1.42. The summed E-state index contributed by atoms with van der Waals surface area (Å²) in [5.74, 6) is -1.27. The molecule has 2 N–H and O–H groups in total. The van der Waals surface area contributed by atoms with Crippen LogP contribution in [0, 0.1) is 5.82 Å². The number of hydrogen-bond acceptors (Lipinski definition) is 2. The zero-order valence-electron chi connectivity index (χ0n) is 9.77. The van der Waals surface area contributed by atoms with Gasteiger partial charge in [0.25, 0.3) is 0 Å². The zero-order chi connectivity index (χ0) is 13.6. The molecule has 2 nitrogen and oxygen atoms in total. The predicted molar refractivity (Wildman–Crippen MR) is 59.8 cm³/mol. The van der Waals surface area contributed by atoms with E-state index < -0.39 is 17.6 Å². The Hall–Kier alpha value is -1.30. The minimum Gasteiger partial charge on any atom is -0.494 e. The van der Waals surface area contributed by atoms with Gasteiger partial charge in [-0.3, -0.25) is 0 Å². The maximum Gasteiger partial charge on any atom is 0.419 e. The van der Waals surface area contributed by atoms with Crippen molar-refractivity contribution in [1.82, 2.24) is 0 Å². The quantitative estimate of drug-likeness (QED) is 0.632. The lowest BCUT2D eigenvalue weighted by Crippen LogP contribution is -2.09. The van der Waals surface area contributed by atoms with Gasteiger partial charge in [0, 0.05) is 0 Å². The van der Waals surface area contributed by atoms with Crippen LogP contribution >= 0.6 is 0 Å². The molecule has 1 rings (SSSR count). The third-order valence-corrected chi connectivity index (χ3v) is 2.36. The molecule has 102 valence electrons. The summed E-state index contributed by atoms with van der Waals surface area (Å²) in [6.45, 7) is 0.873. The van der Waals surface area contributed by atoms with Crippen LogP contribution in [0.1, 0.15) is 24.8 Å². The van der Waals surface area contributed by atoms with Crippen LogP contribution in [0.4, 0.5) is 17.6 Å². The third-order valence-electron chi connectivity index (χ3n) is 2.36. The van der Waals surface area contributed by atoms with Crippen molar-refractivity contribution in [2.75, 3.05) is 13.2 Å². The number of rotatable bonds is 6. The van der Waals surface area contributed by atoms with Crippen LogP contribution in [0.3, 0.4) is 0 Å². The molecule has 0 heterocycles. The second-order valence-electron chi connectivity index (χ2n) is 3.84. The van der Waals surface area contributed by atoms with Gasteiger partial charge in [-0.15, -0.1) is 0 Å². The van der Waals surface area contributed by atoms with E-state index in [1.54, 1.807) is 0 Å². The van der Waals surface area contributed by atoms with Crippen LogP contribution in [-0.4, -0.2) is 13.2 Å². The SMILES string of the molecule is NCCCCCOc1ccc(F)c(C(F)(F)F)c1. The molecular weight excluding hydrogens is 250 g/mol. The van der Waals surface area contributed by atoms with Crippen LogP contribution < -0.4 is 10.5 Å². The van der Waals surface area contributed by atoms with Crippen molar-refractivity contribution < 1.29 is 22.3 Å². The Labute approximate surface area is 103 Å². The molecule has 0 aliphatic carbocycles. The van der Waals surface area contributed by atoms with E-state index in [4.69, 9.17) is 10.5 Å². The molecule has 0 saturated heterocycles. The molecule has 1 aromatic rings. The molecule has 0 aliphatic heterocycles. The zero-order valence-corrected chi connectivity index (χ0v) is 9.77. The summed E-state index contributed by atoms with van der Waals surface area (Å²) in [7, 11) is 0. The van der Waals surface area contributed by atoms with Crippen LogP contribution in [0.5, 0.6) is 5.75 Å². The Balaban J connectivity index is 2.57. The number of halogens is 4.